The SMILES string of the molecule is CCCCC(O)CCC/C=C\CCCCCCCC(=O)[O-].[Na+]. The first-order valence-corrected chi connectivity index (χ1v) is 8.69. The van der Waals surface area contributed by atoms with Crippen LogP contribution in [0, 0.1) is 0 Å². The third kappa shape index (κ3) is 20.2. The number of aliphatic hydroxyl groups excluding tert-OH is 1. The zero-order chi connectivity index (χ0) is 15.8. The van der Waals surface area contributed by atoms with Gasteiger partial charge in [-0.3, -0.25) is 0 Å². The van der Waals surface area contributed by atoms with Gasteiger partial charge in [0.2, 0.25) is 0 Å². The summed E-state index contributed by atoms with van der Waals surface area (Å²) in [5.74, 6) is -0.933. The summed E-state index contributed by atoms with van der Waals surface area (Å²) in [6.45, 7) is 2.15. The van der Waals surface area contributed by atoms with E-state index in [0.717, 1.165) is 64.2 Å². The van der Waals surface area contributed by atoms with Crippen LogP contribution >= 0.6 is 0 Å². The number of hydrogen-bond acceptors (Lipinski definition) is 3. The van der Waals surface area contributed by atoms with Crippen LogP contribution in [0.1, 0.15) is 90.4 Å². The summed E-state index contributed by atoms with van der Waals surface area (Å²) in [5, 5.41) is 19.9. The minimum absolute atomic E-state index is 0. The summed E-state index contributed by atoms with van der Waals surface area (Å²) >= 11 is 0. The van der Waals surface area contributed by atoms with Crippen LogP contribution in [0.5, 0.6) is 0 Å². The predicted octanol–water partition coefficient (Wildman–Crippen LogP) is 0.749. The fourth-order valence-corrected chi connectivity index (χ4v) is 2.35. The second-order valence-electron chi connectivity index (χ2n) is 5.88. The van der Waals surface area contributed by atoms with Crippen LogP contribution in [-0.2, 0) is 4.79 Å². The van der Waals surface area contributed by atoms with Gasteiger partial charge in [-0.05, 0) is 51.4 Å². The molecule has 3 nitrogen and oxygen atoms in total. The molecule has 0 aromatic rings. The summed E-state index contributed by atoms with van der Waals surface area (Å²) in [7, 11) is 0. The Balaban J connectivity index is 0. The van der Waals surface area contributed by atoms with Crippen LogP contribution in [0.25, 0.3) is 0 Å². The number of rotatable bonds is 15. The van der Waals surface area contributed by atoms with Crippen molar-refractivity contribution >= 4 is 5.97 Å². The Labute approximate surface area is 158 Å². The van der Waals surface area contributed by atoms with E-state index in [4.69, 9.17) is 0 Å². The van der Waals surface area contributed by atoms with E-state index < -0.39 is 5.97 Å². The number of carbonyl (C=O) groups is 1. The molecule has 0 rings (SSSR count). The van der Waals surface area contributed by atoms with Crippen molar-refractivity contribution in [3.63, 3.8) is 0 Å². The Hall–Kier alpha value is 0.170. The van der Waals surface area contributed by atoms with Crippen LogP contribution in [-0.4, -0.2) is 17.2 Å². The van der Waals surface area contributed by atoms with Crippen molar-refractivity contribution in [2.45, 2.75) is 96.5 Å². The van der Waals surface area contributed by atoms with Crippen molar-refractivity contribution in [3.05, 3.63) is 12.2 Å². The number of hydrogen-bond donors (Lipinski definition) is 1. The Morgan fingerprint density at radius 3 is 2.14 bits per heavy atom. The van der Waals surface area contributed by atoms with Gasteiger partial charge in [0.1, 0.15) is 0 Å². The third-order valence-electron chi connectivity index (χ3n) is 3.72. The molecular weight excluding hydrogens is 287 g/mol. The molecule has 4 heteroatoms. The molecule has 0 amide bonds. The molecule has 1 unspecified atom stereocenters. The molecule has 0 bridgehead atoms. The van der Waals surface area contributed by atoms with Gasteiger partial charge in [-0.1, -0.05) is 51.2 Å². The van der Waals surface area contributed by atoms with E-state index in [9.17, 15) is 15.0 Å². The summed E-state index contributed by atoms with van der Waals surface area (Å²) < 4.78 is 0. The molecular formula is C18H33NaO3. The number of carboxylic acids is 1. The first-order valence-electron chi connectivity index (χ1n) is 8.69. The number of allylic oxidation sites excluding steroid dienone is 2. The molecule has 0 aliphatic carbocycles. The van der Waals surface area contributed by atoms with Crippen molar-refractivity contribution in [2.75, 3.05) is 0 Å². The molecule has 0 saturated carbocycles. The largest absolute Gasteiger partial charge is 1.00 e. The molecule has 1 atom stereocenters. The van der Waals surface area contributed by atoms with Gasteiger partial charge < -0.3 is 15.0 Å². The van der Waals surface area contributed by atoms with E-state index >= 15 is 0 Å². The van der Waals surface area contributed by atoms with Crippen molar-refractivity contribution in [2.24, 2.45) is 0 Å². The van der Waals surface area contributed by atoms with Crippen LogP contribution in [0.3, 0.4) is 0 Å². The fraction of sp³-hybridized carbons (Fsp3) is 0.833. The zero-order valence-electron chi connectivity index (χ0n) is 14.7. The Bertz CT molecular complexity index is 267. The average molecular weight is 320 g/mol. The van der Waals surface area contributed by atoms with E-state index in [-0.39, 0.29) is 42.1 Å². The average Bonchev–Trinajstić information content (AvgIpc) is 2.45. The predicted molar refractivity (Wildman–Crippen MR) is 85.8 cm³/mol. The maximum atomic E-state index is 10.2. The third-order valence-corrected chi connectivity index (χ3v) is 3.72. The summed E-state index contributed by atoms with van der Waals surface area (Å²) in [6, 6.07) is 0. The second kappa shape index (κ2) is 19.2. The number of carbonyl (C=O) groups excluding carboxylic acids is 1. The standard InChI is InChI=1S/C18H34O3.Na/c1-2-3-14-17(19)15-12-10-8-6-4-5-7-9-11-13-16-18(20)21;/h6,8,17,19H,2-5,7,9-16H2,1H3,(H,20,21);/q;+1/p-1/b8-6-;. The molecule has 0 saturated heterocycles. The van der Waals surface area contributed by atoms with Crippen LogP contribution in [0.4, 0.5) is 0 Å². The van der Waals surface area contributed by atoms with Gasteiger partial charge in [0.25, 0.3) is 0 Å². The molecule has 0 heterocycles. The van der Waals surface area contributed by atoms with Gasteiger partial charge >= 0.3 is 29.6 Å². The van der Waals surface area contributed by atoms with Crippen molar-refractivity contribution in [1.82, 2.24) is 0 Å². The zero-order valence-corrected chi connectivity index (χ0v) is 16.7. The monoisotopic (exact) mass is 320 g/mol. The second-order valence-corrected chi connectivity index (χ2v) is 5.88. The van der Waals surface area contributed by atoms with E-state index in [1.807, 2.05) is 0 Å². The quantitative estimate of drug-likeness (QED) is 0.275. The number of unbranched alkanes of at least 4 members (excludes halogenated alkanes) is 7. The van der Waals surface area contributed by atoms with E-state index in [0.29, 0.717) is 0 Å². The summed E-state index contributed by atoms with van der Waals surface area (Å²) in [4.78, 5) is 10.2. The summed E-state index contributed by atoms with van der Waals surface area (Å²) in [6.07, 6.45) is 17.2. The van der Waals surface area contributed by atoms with Crippen LogP contribution in [0.15, 0.2) is 12.2 Å². The smallest absolute Gasteiger partial charge is 0.550 e. The molecule has 1 N–H and O–H groups in total. The van der Waals surface area contributed by atoms with E-state index in [1.165, 1.54) is 12.8 Å². The van der Waals surface area contributed by atoms with Crippen molar-refractivity contribution < 1.29 is 44.6 Å². The minimum atomic E-state index is -0.933. The molecule has 0 aromatic heterocycles. The fourth-order valence-electron chi connectivity index (χ4n) is 2.35. The maximum Gasteiger partial charge on any atom is 1.00 e. The molecule has 22 heavy (non-hydrogen) atoms. The molecule has 0 aromatic carbocycles. The number of aliphatic carboxylic acids is 1. The first kappa shape index (κ1) is 24.4. The molecule has 0 fully saturated rings. The van der Waals surface area contributed by atoms with Gasteiger partial charge in [0.05, 0.1) is 6.10 Å². The Kier molecular flexibility index (Phi) is 21.3. The van der Waals surface area contributed by atoms with Gasteiger partial charge in [-0.2, -0.15) is 0 Å². The van der Waals surface area contributed by atoms with Crippen LogP contribution < -0.4 is 34.7 Å². The van der Waals surface area contributed by atoms with Gasteiger partial charge in [-0.25, -0.2) is 0 Å². The molecule has 0 aliphatic heterocycles. The molecule has 0 aliphatic rings. The Morgan fingerprint density at radius 1 is 0.955 bits per heavy atom. The van der Waals surface area contributed by atoms with Crippen molar-refractivity contribution in [1.29, 1.82) is 0 Å². The van der Waals surface area contributed by atoms with Gasteiger partial charge in [0.15, 0.2) is 0 Å². The van der Waals surface area contributed by atoms with Crippen LogP contribution in [0.2, 0.25) is 0 Å². The number of carboxylic acid groups (broad SMARTS) is 1. The maximum absolute atomic E-state index is 10.2. The number of aliphatic hydroxyl groups is 1. The molecule has 0 radical (unpaired) electrons. The Morgan fingerprint density at radius 2 is 1.50 bits per heavy atom. The molecule has 0 spiro atoms. The van der Waals surface area contributed by atoms with E-state index in [1.54, 1.807) is 0 Å². The summed E-state index contributed by atoms with van der Waals surface area (Å²) in [5.41, 5.74) is 0. The van der Waals surface area contributed by atoms with Crippen molar-refractivity contribution in [3.8, 4) is 0 Å². The normalized spacial score (nSPS) is 12.3. The van der Waals surface area contributed by atoms with Gasteiger partial charge in [-0.15, -0.1) is 0 Å². The van der Waals surface area contributed by atoms with Gasteiger partial charge in [0, 0.05) is 5.97 Å². The topological polar surface area (TPSA) is 60.4 Å². The molecule has 124 valence electrons. The minimum Gasteiger partial charge on any atom is -0.550 e. The first-order chi connectivity index (χ1) is 10.2. The van der Waals surface area contributed by atoms with E-state index in [2.05, 4.69) is 19.1 Å².